The average Bonchev–Trinajstić information content (AvgIpc) is 3.39. The van der Waals surface area contributed by atoms with E-state index in [9.17, 15) is 14.7 Å². The molecule has 0 unspecified atom stereocenters. The molecule has 2 N–H and O–H groups in total. The number of carboxylic acids is 1. The van der Waals surface area contributed by atoms with Crippen molar-refractivity contribution in [2.75, 3.05) is 5.32 Å². The van der Waals surface area contributed by atoms with Gasteiger partial charge in [0.05, 0.1) is 28.3 Å². The number of carbonyl (C=O) groups is 1. The lowest BCUT2D eigenvalue weighted by molar-refractivity contribution is 0.0691. The minimum Gasteiger partial charge on any atom is -0.476 e. The number of hydrogen-bond acceptors (Lipinski definition) is 7. The standard InChI is InChI=1S/C29H32ClN7O3/c1-16-13-18(17(2)31-20-5-6-22(30)32-24(20)26(39)40)23-19(14-16)25(38)37(4)27(33-23)29-10-7-28(8-11-29,9-12-29)21-15-36(3)35-34-21/h5-6,13-15,17,31H,7-12H2,1-4H3,(H,39,40)/t17-,28?,29?/m1/s1. The van der Waals surface area contributed by atoms with Crippen molar-refractivity contribution in [3.05, 3.63) is 74.3 Å². The lowest BCUT2D eigenvalue weighted by atomic mass is 9.52. The van der Waals surface area contributed by atoms with Crippen LogP contribution < -0.4 is 10.9 Å². The first-order valence-electron chi connectivity index (χ1n) is 13.6. The number of fused-ring (bicyclic) bond motifs is 4. The highest BCUT2D eigenvalue weighted by Crippen LogP contribution is 2.57. The van der Waals surface area contributed by atoms with Crippen LogP contribution >= 0.6 is 11.6 Å². The van der Waals surface area contributed by atoms with E-state index in [2.05, 4.69) is 20.6 Å². The van der Waals surface area contributed by atoms with Crippen LogP contribution in [0.4, 0.5) is 5.69 Å². The number of aromatic nitrogens is 6. The smallest absolute Gasteiger partial charge is 0.356 e. The van der Waals surface area contributed by atoms with Gasteiger partial charge in [-0.1, -0.05) is 22.9 Å². The van der Waals surface area contributed by atoms with Gasteiger partial charge in [0.2, 0.25) is 0 Å². The normalized spacial score (nSPS) is 22.9. The first-order chi connectivity index (χ1) is 19.0. The van der Waals surface area contributed by atoms with E-state index in [0.717, 1.165) is 61.2 Å². The lowest BCUT2D eigenvalue weighted by Gasteiger charge is -2.52. The van der Waals surface area contributed by atoms with Crippen molar-refractivity contribution in [1.82, 2.24) is 29.5 Å². The highest BCUT2D eigenvalue weighted by atomic mass is 35.5. The molecule has 1 aromatic carbocycles. The second-order valence-electron chi connectivity index (χ2n) is 11.6. The third-order valence-corrected chi connectivity index (χ3v) is 9.33. The summed E-state index contributed by atoms with van der Waals surface area (Å²) in [5, 5.41) is 22.2. The monoisotopic (exact) mass is 561 g/mol. The second-order valence-corrected chi connectivity index (χ2v) is 12.0. The number of hydrogen-bond donors (Lipinski definition) is 2. The molecule has 208 valence electrons. The molecule has 0 radical (unpaired) electrons. The first-order valence-corrected chi connectivity index (χ1v) is 13.9. The Labute approximate surface area is 236 Å². The van der Waals surface area contributed by atoms with Crippen molar-refractivity contribution < 1.29 is 9.90 Å². The van der Waals surface area contributed by atoms with Gasteiger partial charge in [-0.2, -0.15) is 0 Å². The van der Waals surface area contributed by atoms with Crippen LogP contribution in [0.15, 0.2) is 35.3 Å². The molecule has 7 rings (SSSR count). The maximum absolute atomic E-state index is 13.8. The van der Waals surface area contributed by atoms with E-state index < -0.39 is 5.97 Å². The van der Waals surface area contributed by atoms with E-state index in [0.29, 0.717) is 16.6 Å². The Morgan fingerprint density at radius 3 is 2.38 bits per heavy atom. The minimum atomic E-state index is -1.17. The molecule has 3 saturated carbocycles. The molecule has 40 heavy (non-hydrogen) atoms. The van der Waals surface area contributed by atoms with E-state index in [-0.39, 0.29) is 33.3 Å². The molecular formula is C29H32ClN7O3. The van der Waals surface area contributed by atoms with Crippen molar-refractivity contribution >= 4 is 34.2 Å². The molecule has 3 aliphatic rings. The van der Waals surface area contributed by atoms with E-state index in [1.807, 2.05) is 46.3 Å². The van der Waals surface area contributed by atoms with Crippen LogP contribution in [-0.2, 0) is 24.9 Å². The van der Waals surface area contributed by atoms with Crippen molar-refractivity contribution in [2.24, 2.45) is 14.1 Å². The first kappa shape index (κ1) is 26.4. The van der Waals surface area contributed by atoms with E-state index in [1.54, 1.807) is 21.4 Å². The quantitative estimate of drug-likeness (QED) is 0.320. The fraction of sp³-hybridized carbons (Fsp3) is 0.448. The van der Waals surface area contributed by atoms with Gasteiger partial charge in [-0.3, -0.25) is 14.0 Å². The van der Waals surface area contributed by atoms with Crippen molar-refractivity contribution in [1.29, 1.82) is 0 Å². The fourth-order valence-electron chi connectivity index (χ4n) is 6.88. The number of anilines is 1. The number of nitrogens with zero attached hydrogens (tertiary/aromatic N) is 6. The number of aryl methyl sites for hydroxylation is 2. The summed E-state index contributed by atoms with van der Waals surface area (Å²) >= 11 is 5.95. The van der Waals surface area contributed by atoms with Gasteiger partial charge in [-0.25, -0.2) is 14.8 Å². The summed E-state index contributed by atoms with van der Waals surface area (Å²) in [6, 6.07) is 6.71. The maximum Gasteiger partial charge on any atom is 0.356 e. The number of pyridine rings is 1. The molecule has 0 aliphatic heterocycles. The number of rotatable bonds is 6. The highest BCUT2D eigenvalue weighted by Gasteiger charge is 2.53. The summed E-state index contributed by atoms with van der Waals surface area (Å²) in [6.07, 6.45) is 7.80. The molecule has 3 aliphatic carbocycles. The molecule has 0 spiro atoms. The third-order valence-electron chi connectivity index (χ3n) is 9.12. The van der Waals surface area contributed by atoms with Gasteiger partial charge in [-0.05, 0) is 76.1 Å². The van der Waals surface area contributed by atoms with Gasteiger partial charge < -0.3 is 10.4 Å². The summed E-state index contributed by atoms with van der Waals surface area (Å²) in [6.45, 7) is 3.88. The Kier molecular flexibility index (Phi) is 6.21. The van der Waals surface area contributed by atoms with E-state index in [1.165, 1.54) is 0 Å². The number of aromatic carboxylic acids is 1. The Morgan fingerprint density at radius 1 is 1.07 bits per heavy atom. The van der Waals surface area contributed by atoms with Crippen LogP contribution in [0, 0.1) is 6.92 Å². The zero-order chi connectivity index (χ0) is 28.4. The average molecular weight is 562 g/mol. The molecule has 3 aromatic heterocycles. The molecule has 11 heteroatoms. The van der Waals surface area contributed by atoms with Crippen LogP contribution in [0.3, 0.4) is 0 Å². The Hall–Kier alpha value is -3.79. The SMILES string of the molecule is Cc1cc([C@@H](C)Nc2ccc(Cl)nc2C(=O)O)c2nc(C34CCC(c5cn(C)nn5)(CC3)CC4)n(C)c(=O)c2c1. The number of benzene rings is 1. The van der Waals surface area contributed by atoms with Gasteiger partial charge in [0, 0.05) is 36.7 Å². The van der Waals surface area contributed by atoms with Gasteiger partial charge in [0.1, 0.15) is 11.0 Å². The van der Waals surface area contributed by atoms with Crippen molar-refractivity contribution in [3.63, 3.8) is 0 Å². The predicted octanol–water partition coefficient (Wildman–Crippen LogP) is 4.83. The maximum atomic E-state index is 13.8. The van der Waals surface area contributed by atoms with Gasteiger partial charge in [0.15, 0.2) is 5.69 Å². The largest absolute Gasteiger partial charge is 0.476 e. The highest BCUT2D eigenvalue weighted by molar-refractivity contribution is 6.29. The van der Waals surface area contributed by atoms with Crippen LogP contribution in [-0.4, -0.2) is 40.6 Å². The summed E-state index contributed by atoms with van der Waals surface area (Å²) in [5.74, 6) is -0.346. The Bertz CT molecular complexity index is 1700. The second kappa shape index (κ2) is 9.40. The molecule has 1 atom stereocenters. The molecule has 3 heterocycles. The van der Waals surface area contributed by atoms with Crippen LogP contribution in [0.5, 0.6) is 0 Å². The van der Waals surface area contributed by atoms with Crippen molar-refractivity contribution in [3.8, 4) is 0 Å². The van der Waals surface area contributed by atoms with Crippen LogP contribution in [0.25, 0.3) is 10.9 Å². The van der Waals surface area contributed by atoms with Crippen LogP contribution in [0.1, 0.15) is 84.6 Å². The summed E-state index contributed by atoms with van der Waals surface area (Å²) in [7, 11) is 3.74. The Balaban J connectivity index is 1.41. The minimum absolute atomic E-state index is 0.0426. The zero-order valence-corrected chi connectivity index (χ0v) is 23.8. The number of halogens is 1. The fourth-order valence-corrected chi connectivity index (χ4v) is 7.03. The predicted molar refractivity (Wildman–Crippen MR) is 152 cm³/mol. The van der Waals surface area contributed by atoms with E-state index in [4.69, 9.17) is 16.6 Å². The molecule has 4 aromatic rings. The molecular weight excluding hydrogens is 530 g/mol. The van der Waals surface area contributed by atoms with E-state index >= 15 is 0 Å². The lowest BCUT2D eigenvalue weighted by Crippen LogP contribution is -2.49. The number of carboxylic acid groups (broad SMARTS) is 1. The summed E-state index contributed by atoms with van der Waals surface area (Å²) in [5.41, 5.74) is 3.46. The molecule has 2 bridgehead atoms. The summed E-state index contributed by atoms with van der Waals surface area (Å²) < 4.78 is 3.52. The Morgan fingerprint density at radius 2 is 1.75 bits per heavy atom. The van der Waals surface area contributed by atoms with Crippen molar-refractivity contribution in [2.45, 2.75) is 69.2 Å². The number of nitrogens with one attached hydrogen (secondary N) is 1. The van der Waals surface area contributed by atoms with Gasteiger partial charge in [0.25, 0.3) is 5.56 Å². The van der Waals surface area contributed by atoms with Crippen LogP contribution in [0.2, 0.25) is 5.15 Å². The molecule has 0 amide bonds. The van der Waals surface area contributed by atoms with Gasteiger partial charge in [-0.15, -0.1) is 5.10 Å². The molecule has 3 fully saturated rings. The topological polar surface area (TPSA) is 128 Å². The van der Waals surface area contributed by atoms with Gasteiger partial charge >= 0.3 is 5.97 Å². The zero-order valence-electron chi connectivity index (χ0n) is 23.0. The third kappa shape index (κ3) is 4.16. The summed E-state index contributed by atoms with van der Waals surface area (Å²) in [4.78, 5) is 34.8. The molecule has 10 nitrogen and oxygen atoms in total. The molecule has 0 saturated heterocycles.